The first-order valence-electron chi connectivity index (χ1n) is 10.4. The summed E-state index contributed by atoms with van der Waals surface area (Å²) in [5.41, 5.74) is 6.16. The van der Waals surface area contributed by atoms with Crippen LogP contribution in [0.3, 0.4) is 0 Å². The monoisotopic (exact) mass is 519 g/mol. The van der Waals surface area contributed by atoms with E-state index < -0.39 is 0 Å². The summed E-state index contributed by atoms with van der Waals surface area (Å²) in [6.45, 7) is 8.25. The summed E-state index contributed by atoms with van der Waals surface area (Å²) in [6, 6.07) is 4.40. The van der Waals surface area contributed by atoms with Crippen LogP contribution in [0.2, 0.25) is 0 Å². The SMILES string of the molecule is CCOC(=O)N1CCC(NC(N)=NCC(c2ccc(C)o2)N2CCCC2)CC1.I. The second kappa shape index (κ2) is 11.6. The summed E-state index contributed by atoms with van der Waals surface area (Å²) >= 11 is 0. The highest BCUT2D eigenvalue weighted by Crippen LogP contribution is 2.27. The van der Waals surface area contributed by atoms with E-state index in [1.54, 1.807) is 4.90 Å². The van der Waals surface area contributed by atoms with Crippen molar-refractivity contribution in [2.24, 2.45) is 10.7 Å². The Morgan fingerprint density at radius 3 is 2.59 bits per heavy atom. The molecular formula is C20H34IN5O3. The fourth-order valence-corrected chi connectivity index (χ4v) is 3.93. The maximum Gasteiger partial charge on any atom is 0.409 e. The van der Waals surface area contributed by atoms with Crippen LogP contribution in [-0.4, -0.2) is 67.2 Å². The molecule has 0 radical (unpaired) electrons. The first-order chi connectivity index (χ1) is 13.6. The highest BCUT2D eigenvalue weighted by atomic mass is 127. The van der Waals surface area contributed by atoms with E-state index in [4.69, 9.17) is 14.9 Å². The van der Waals surface area contributed by atoms with Crippen molar-refractivity contribution in [3.8, 4) is 0 Å². The minimum absolute atomic E-state index is 0. The molecule has 1 atom stereocenters. The number of ether oxygens (including phenoxy) is 1. The largest absolute Gasteiger partial charge is 0.465 e. The number of guanidine groups is 1. The molecule has 0 aliphatic carbocycles. The van der Waals surface area contributed by atoms with Gasteiger partial charge in [0.05, 0.1) is 19.2 Å². The Balaban J connectivity index is 0.00000300. The lowest BCUT2D eigenvalue weighted by Gasteiger charge is -2.32. The summed E-state index contributed by atoms with van der Waals surface area (Å²) in [5.74, 6) is 2.34. The Morgan fingerprint density at radius 1 is 1.31 bits per heavy atom. The van der Waals surface area contributed by atoms with Crippen LogP contribution in [0, 0.1) is 6.92 Å². The van der Waals surface area contributed by atoms with Crippen LogP contribution in [0.25, 0.3) is 0 Å². The van der Waals surface area contributed by atoms with Crippen molar-refractivity contribution in [3.05, 3.63) is 23.7 Å². The van der Waals surface area contributed by atoms with Gasteiger partial charge in [0, 0.05) is 19.1 Å². The Labute approximate surface area is 190 Å². The van der Waals surface area contributed by atoms with Crippen LogP contribution in [-0.2, 0) is 4.74 Å². The molecule has 2 fully saturated rings. The van der Waals surface area contributed by atoms with Gasteiger partial charge in [-0.25, -0.2) is 4.79 Å². The van der Waals surface area contributed by atoms with Crippen molar-refractivity contribution in [3.63, 3.8) is 0 Å². The van der Waals surface area contributed by atoms with Gasteiger partial charge in [-0.05, 0) is 64.8 Å². The van der Waals surface area contributed by atoms with Crippen molar-refractivity contribution < 1.29 is 13.9 Å². The van der Waals surface area contributed by atoms with E-state index in [2.05, 4.69) is 15.2 Å². The number of aryl methyl sites for hydroxylation is 1. The molecule has 0 bridgehead atoms. The zero-order valence-electron chi connectivity index (χ0n) is 17.4. The van der Waals surface area contributed by atoms with Crippen molar-refractivity contribution in [1.29, 1.82) is 0 Å². The first kappa shape index (κ1) is 23.8. The molecule has 3 N–H and O–H groups in total. The number of carbonyl (C=O) groups excluding carboxylic acids is 1. The number of aliphatic imine (C=N–C) groups is 1. The van der Waals surface area contributed by atoms with Crippen LogP contribution in [0.5, 0.6) is 0 Å². The molecule has 1 aromatic heterocycles. The van der Waals surface area contributed by atoms with Gasteiger partial charge in [-0.3, -0.25) is 9.89 Å². The summed E-state index contributed by atoms with van der Waals surface area (Å²) in [5, 5.41) is 3.31. The smallest absolute Gasteiger partial charge is 0.409 e. The quantitative estimate of drug-likeness (QED) is 0.341. The van der Waals surface area contributed by atoms with E-state index >= 15 is 0 Å². The fourth-order valence-electron chi connectivity index (χ4n) is 3.93. The maximum absolute atomic E-state index is 11.8. The van der Waals surface area contributed by atoms with Crippen LogP contribution < -0.4 is 11.1 Å². The van der Waals surface area contributed by atoms with Gasteiger partial charge in [-0.1, -0.05) is 0 Å². The van der Waals surface area contributed by atoms with Gasteiger partial charge in [0.2, 0.25) is 0 Å². The van der Waals surface area contributed by atoms with Gasteiger partial charge in [0.1, 0.15) is 11.5 Å². The minimum atomic E-state index is -0.232. The van der Waals surface area contributed by atoms with E-state index in [9.17, 15) is 4.79 Å². The third-order valence-corrected chi connectivity index (χ3v) is 5.48. The average Bonchev–Trinajstić information content (AvgIpc) is 3.35. The van der Waals surface area contributed by atoms with Crippen LogP contribution in [0.15, 0.2) is 21.5 Å². The molecule has 164 valence electrons. The van der Waals surface area contributed by atoms with E-state index in [0.717, 1.165) is 37.5 Å². The topological polar surface area (TPSA) is 96.3 Å². The Morgan fingerprint density at radius 2 is 2.00 bits per heavy atom. The number of rotatable bonds is 6. The third kappa shape index (κ3) is 6.77. The molecule has 0 spiro atoms. The lowest BCUT2D eigenvalue weighted by molar-refractivity contribution is 0.0963. The molecule has 1 unspecified atom stereocenters. The molecule has 29 heavy (non-hydrogen) atoms. The molecule has 2 aliphatic heterocycles. The number of likely N-dealkylation sites (tertiary alicyclic amines) is 2. The molecule has 2 aliphatic rings. The number of hydrogen-bond acceptors (Lipinski definition) is 5. The van der Waals surface area contributed by atoms with E-state index in [-0.39, 0.29) is 42.2 Å². The summed E-state index contributed by atoms with van der Waals surface area (Å²) in [6.07, 6.45) is 3.87. The number of halogens is 1. The second-order valence-corrected chi connectivity index (χ2v) is 7.54. The Bertz CT molecular complexity index is 667. The van der Waals surface area contributed by atoms with Gasteiger partial charge in [-0.2, -0.15) is 0 Å². The van der Waals surface area contributed by atoms with Gasteiger partial charge in [-0.15, -0.1) is 24.0 Å². The number of carbonyl (C=O) groups is 1. The number of furan rings is 1. The molecular weight excluding hydrogens is 485 g/mol. The molecule has 2 saturated heterocycles. The lowest BCUT2D eigenvalue weighted by atomic mass is 10.1. The number of nitrogens with two attached hydrogens (primary N) is 1. The number of nitrogens with one attached hydrogen (secondary N) is 1. The van der Waals surface area contributed by atoms with Crippen molar-refractivity contribution in [1.82, 2.24) is 15.1 Å². The van der Waals surface area contributed by atoms with Crippen molar-refractivity contribution in [2.45, 2.75) is 51.6 Å². The zero-order chi connectivity index (χ0) is 19.9. The predicted molar refractivity (Wildman–Crippen MR) is 124 cm³/mol. The summed E-state index contributed by atoms with van der Waals surface area (Å²) in [4.78, 5) is 20.6. The maximum atomic E-state index is 11.8. The molecule has 0 aromatic carbocycles. The molecule has 1 aromatic rings. The Kier molecular flexibility index (Phi) is 9.54. The molecule has 8 nitrogen and oxygen atoms in total. The van der Waals surface area contributed by atoms with Gasteiger partial charge in [0.25, 0.3) is 0 Å². The zero-order valence-corrected chi connectivity index (χ0v) is 19.8. The highest BCUT2D eigenvalue weighted by molar-refractivity contribution is 14.0. The lowest BCUT2D eigenvalue weighted by Crippen LogP contribution is -2.48. The van der Waals surface area contributed by atoms with Crippen molar-refractivity contribution >= 4 is 36.0 Å². The minimum Gasteiger partial charge on any atom is -0.465 e. The molecule has 3 heterocycles. The predicted octanol–water partition coefficient (Wildman–Crippen LogP) is 2.87. The standard InChI is InChI=1S/C20H33N5O3.HI/c1-3-27-20(26)25-12-8-16(9-13-25)23-19(21)22-14-17(24-10-4-5-11-24)18-7-6-15(2)28-18;/h6-7,16-17H,3-5,8-14H2,1-2H3,(H3,21,22,23);1H. The van der Waals surface area contributed by atoms with Crippen molar-refractivity contribution in [2.75, 3.05) is 39.3 Å². The van der Waals surface area contributed by atoms with Crippen LogP contribution in [0.1, 0.15) is 50.2 Å². The second-order valence-electron chi connectivity index (χ2n) is 7.54. The van der Waals surface area contributed by atoms with Gasteiger partial charge in [0.15, 0.2) is 5.96 Å². The molecule has 3 rings (SSSR count). The average molecular weight is 519 g/mol. The number of piperidine rings is 1. The van der Waals surface area contributed by atoms with Gasteiger partial charge < -0.3 is 25.1 Å². The first-order valence-corrected chi connectivity index (χ1v) is 10.4. The summed E-state index contributed by atoms with van der Waals surface area (Å²) < 4.78 is 10.9. The molecule has 9 heteroatoms. The normalized spacial score (nSPS) is 19.7. The number of hydrogen-bond donors (Lipinski definition) is 2. The van der Waals surface area contributed by atoms with Gasteiger partial charge >= 0.3 is 6.09 Å². The van der Waals surface area contributed by atoms with E-state index in [0.29, 0.717) is 32.2 Å². The van der Waals surface area contributed by atoms with E-state index in [1.807, 2.05) is 26.0 Å². The molecule has 1 amide bonds. The van der Waals surface area contributed by atoms with Crippen LogP contribution in [0.4, 0.5) is 4.79 Å². The third-order valence-electron chi connectivity index (χ3n) is 5.48. The fraction of sp³-hybridized carbons (Fsp3) is 0.700. The van der Waals surface area contributed by atoms with E-state index in [1.165, 1.54) is 12.8 Å². The van der Waals surface area contributed by atoms with Crippen LogP contribution >= 0.6 is 24.0 Å². The number of nitrogens with zero attached hydrogens (tertiary/aromatic N) is 3. The Hall–Kier alpha value is -1.49. The molecule has 0 saturated carbocycles. The highest BCUT2D eigenvalue weighted by Gasteiger charge is 2.26. The number of amides is 1. The summed E-state index contributed by atoms with van der Waals surface area (Å²) in [7, 11) is 0.